The van der Waals surface area contributed by atoms with Gasteiger partial charge in [-0.15, -0.1) is 0 Å². The predicted molar refractivity (Wildman–Crippen MR) is 99.3 cm³/mol. The highest BCUT2D eigenvalue weighted by Crippen LogP contribution is 2.24. The molecule has 0 aliphatic carbocycles. The topological polar surface area (TPSA) is 59.4 Å². The molecule has 1 aliphatic rings. The monoisotopic (exact) mass is 362 g/mol. The van der Waals surface area contributed by atoms with E-state index in [1.165, 1.54) is 15.8 Å². The molecule has 1 N–H and O–H groups in total. The molecule has 1 aliphatic heterocycles. The summed E-state index contributed by atoms with van der Waals surface area (Å²) in [4.78, 5) is 14.3. The molecule has 1 fully saturated rings. The van der Waals surface area contributed by atoms with E-state index < -0.39 is 0 Å². The Balaban J connectivity index is 1.82. The Bertz CT molecular complexity index is 787. The minimum atomic E-state index is -0.301. The quantitative estimate of drug-likeness (QED) is 0.883. The van der Waals surface area contributed by atoms with Gasteiger partial charge in [-0.3, -0.25) is 9.69 Å². The largest absolute Gasteiger partial charge is 0.380 e. The SMILES string of the molecule is Cc1cccc(C(CNc2cnn(C)c(=O)c2Cl)N2CCOCC2)c1. The van der Waals surface area contributed by atoms with Gasteiger partial charge in [-0.25, -0.2) is 4.68 Å². The zero-order valence-electron chi connectivity index (χ0n) is 14.5. The molecule has 2 aromatic rings. The molecule has 1 aromatic heterocycles. The number of nitrogens with zero attached hydrogens (tertiary/aromatic N) is 3. The third-order valence-electron chi connectivity index (χ3n) is 4.48. The van der Waals surface area contributed by atoms with Crippen molar-refractivity contribution in [2.45, 2.75) is 13.0 Å². The van der Waals surface area contributed by atoms with Crippen molar-refractivity contribution < 1.29 is 4.74 Å². The van der Waals surface area contributed by atoms with Crippen LogP contribution in [0.5, 0.6) is 0 Å². The summed E-state index contributed by atoms with van der Waals surface area (Å²) < 4.78 is 6.71. The molecule has 7 heteroatoms. The molecule has 3 rings (SSSR count). The van der Waals surface area contributed by atoms with Crippen molar-refractivity contribution in [1.82, 2.24) is 14.7 Å². The van der Waals surface area contributed by atoms with Gasteiger partial charge in [0.05, 0.1) is 31.1 Å². The van der Waals surface area contributed by atoms with Gasteiger partial charge < -0.3 is 10.1 Å². The highest BCUT2D eigenvalue weighted by molar-refractivity contribution is 6.32. The predicted octanol–water partition coefficient (Wildman–Crippen LogP) is 2.23. The number of aromatic nitrogens is 2. The van der Waals surface area contributed by atoms with Gasteiger partial charge in [0.2, 0.25) is 0 Å². The summed E-state index contributed by atoms with van der Waals surface area (Å²) >= 11 is 6.17. The van der Waals surface area contributed by atoms with Crippen molar-refractivity contribution in [2.75, 3.05) is 38.2 Å². The van der Waals surface area contributed by atoms with E-state index in [-0.39, 0.29) is 16.6 Å². The van der Waals surface area contributed by atoms with Crippen LogP contribution in [0.25, 0.3) is 0 Å². The summed E-state index contributed by atoms with van der Waals surface area (Å²) in [5, 5.41) is 7.52. The number of aryl methyl sites for hydroxylation is 2. The molecule has 0 saturated carbocycles. The zero-order chi connectivity index (χ0) is 17.8. The van der Waals surface area contributed by atoms with Crippen LogP contribution in [-0.2, 0) is 11.8 Å². The van der Waals surface area contributed by atoms with Crippen LogP contribution in [0, 0.1) is 6.92 Å². The van der Waals surface area contributed by atoms with Crippen molar-refractivity contribution in [3.8, 4) is 0 Å². The first-order valence-electron chi connectivity index (χ1n) is 8.40. The summed E-state index contributed by atoms with van der Waals surface area (Å²) in [5.41, 5.74) is 2.73. The van der Waals surface area contributed by atoms with Crippen LogP contribution in [0.3, 0.4) is 0 Å². The minimum absolute atomic E-state index is 0.169. The Kier molecular flexibility index (Phi) is 5.73. The second kappa shape index (κ2) is 7.99. The fourth-order valence-electron chi connectivity index (χ4n) is 3.06. The Labute approximate surface area is 152 Å². The first-order chi connectivity index (χ1) is 12.1. The molecule has 0 amide bonds. The van der Waals surface area contributed by atoms with E-state index in [0.717, 1.165) is 26.3 Å². The summed E-state index contributed by atoms with van der Waals surface area (Å²) in [6.07, 6.45) is 1.59. The first-order valence-corrected chi connectivity index (χ1v) is 8.78. The number of nitrogens with one attached hydrogen (secondary N) is 1. The molecule has 1 saturated heterocycles. The molecule has 0 spiro atoms. The maximum atomic E-state index is 12.0. The molecule has 6 nitrogen and oxygen atoms in total. The number of anilines is 1. The van der Waals surface area contributed by atoms with E-state index in [9.17, 15) is 4.79 Å². The Morgan fingerprint density at radius 2 is 2.12 bits per heavy atom. The van der Waals surface area contributed by atoms with Crippen LogP contribution in [0.2, 0.25) is 5.02 Å². The fourth-order valence-corrected chi connectivity index (χ4v) is 3.30. The number of halogens is 1. The number of hydrogen-bond donors (Lipinski definition) is 1. The van der Waals surface area contributed by atoms with Gasteiger partial charge in [0, 0.05) is 26.7 Å². The Morgan fingerprint density at radius 1 is 1.36 bits per heavy atom. The van der Waals surface area contributed by atoms with Gasteiger partial charge in [0.25, 0.3) is 5.56 Å². The molecule has 134 valence electrons. The van der Waals surface area contributed by atoms with Crippen molar-refractivity contribution >= 4 is 17.3 Å². The van der Waals surface area contributed by atoms with Gasteiger partial charge in [-0.1, -0.05) is 41.4 Å². The number of rotatable bonds is 5. The molecule has 0 radical (unpaired) electrons. The number of morpholine rings is 1. The smallest absolute Gasteiger partial charge is 0.287 e. The van der Waals surface area contributed by atoms with E-state index in [2.05, 4.69) is 46.5 Å². The van der Waals surface area contributed by atoms with Crippen LogP contribution in [0.1, 0.15) is 17.2 Å². The summed E-state index contributed by atoms with van der Waals surface area (Å²) in [6.45, 7) is 5.95. The first kappa shape index (κ1) is 17.9. The van der Waals surface area contributed by atoms with E-state index in [1.54, 1.807) is 13.2 Å². The summed E-state index contributed by atoms with van der Waals surface area (Å²) in [6, 6.07) is 8.67. The Morgan fingerprint density at radius 3 is 2.84 bits per heavy atom. The highest BCUT2D eigenvalue weighted by Gasteiger charge is 2.23. The Hall–Kier alpha value is -1.89. The molecular formula is C18H23ClN4O2. The molecular weight excluding hydrogens is 340 g/mol. The average Bonchev–Trinajstić information content (AvgIpc) is 2.63. The van der Waals surface area contributed by atoms with Crippen molar-refractivity contribution in [3.05, 3.63) is 57.0 Å². The highest BCUT2D eigenvalue weighted by atomic mass is 35.5. The number of benzene rings is 1. The van der Waals surface area contributed by atoms with Crippen molar-refractivity contribution in [3.63, 3.8) is 0 Å². The van der Waals surface area contributed by atoms with Gasteiger partial charge >= 0.3 is 0 Å². The van der Waals surface area contributed by atoms with Crippen LogP contribution in [0.15, 0.2) is 35.3 Å². The maximum Gasteiger partial charge on any atom is 0.287 e. The van der Waals surface area contributed by atoms with E-state index >= 15 is 0 Å². The molecule has 2 heterocycles. The second-order valence-corrected chi connectivity index (χ2v) is 6.64. The van der Waals surface area contributed by atoms with Gasteiger partial charge in [0.15, 0.2) is 0 Å². The van der Waals surface area contributed by atoms with Crippen LogP contribution < -0.4 is 10.9 Å². The lowest BCUT2D eigenvalue weighted by Gasteiger charge is -2.35. The standard InChI is InChI=1S/C18H23ClN4O2/c1-13-4-3-5-14(10-13)16(23-6-8-25-9-7-23)12-20-15-11-21-22(2)18(24)17(15)19/h3-5,10-11,16,20H,6-9,12H2,1-2H3. The van der Waals surface area contributed by atoms with Crippen molar-refractivity contribution in [1.29, 1.82) is 0 Å². The van der Waals surface area contributed by atoms with E-state index in [1.807, 2.05) is 0 Å². The molecule has 25 heavy (non-hydrogen) atoms. The second-order valence-electron chi connectivity index (χ2n) is 6.26. The maximum absolute atomic E-state index is 12.0. The minimum Gasteiger partial charge on any atom is -0.380 e. The number of ether oxygens (including phenoxy) is 1. The molecule has 1 unspecified atom stereocenters. The van der Waals surface area contributed by atoms with E-state index in [0.29, 0.717) is 12.2 Å². The summed E-state index contributed by atoms with van der Waals surface area (Å²) in [7, 11) is 1.58. The molecule has 0 bridgehead atoms. The van der Waals surface area contributed by atoms with Crippen LogP contribution >= 0.6 is 11.6 Å². The van der Waals surface area contributed by atoms with Gasteiger partial charge in [0.1, 0.15) is 5.02 Å². The lowest BCUT2D eigenvalue weighted by Crippen LogP contribution is -2.41. The van der Waals surface area contributed by atoms with Crippen LogP contribution in [-0.4, -0.2) is 47.5 Å². The fraction of sp³-hybridized carbons (Fsp3) is 0.444. The lowest BCUT2D eigenvalue weighted by molar-refractivity contribution is 0.0187. The van der Waals surface area contributed by atoms with E-state index in [4.69, 9.17) is 16.3 Å². The molecule has 1 atom stereocenters. The average molecular weight is 363 g/mol. The van der Waals surface area contributed by atoms with Crippen LogP contribution in [0.4, 0.5) is 5.69 Å². The lowest BCUT2D eigenvalue weighted by atomic mass is 10.0. The van der Waals surface area contributed by atoms with Gasteiger partial charge in [-0.2, -0.15) is 5.10 Å². The van der Waals surface area contributed by atoms with Crippen molar-refractivity contribution in [2.24, 2.45) is 7.05 Å². The summed E-state index contributed by atoms with van der Waals surface area (Å²) in [5.74, 6) is 0. The van der Waals surface area contributed by atoms with Gasteiger partial charge in [-0.05, 0) is 12.5 Å². The zero-order valence-corrected chi connectivity index (χ0v) is 15.3. The third kappa shape index (κ3) is 4.21. The molecule has 1 aromatic carbocycles. The normalized spacial score (nSPS) is 16.6. The number of hydrogen-bond acceptors (Lipinski definition) is 5. The third-order valence-corrected chi connectivity index (χ3v) is 4.84.